The van der Waals surface area contributed by atoms with Crippen LogP contribution < -0.4 is 22.5 Å². The quantitative estimate of drug-likeness (QED) is 0.368. The molecule has 2 fully saturated rings. The van der Waals surface area contributed by atoms with Crippen molar-refractivity contribution in [3.63, 3.8) is 0 Å². The van der Waals surface area contributed by atoms with Gasteiger partial charge in [0.25, 0.3) is 0 Å². The average Bonchev–Trinajstić information content (AvgIpc) is 2.92. The van der Waals surface area contributed by atoms with Gasteiger partial charge in [-0.1, -0.05) is 12.1 Å². The second-order valence-electron chi connectivity index (χ2n) is 11.2. The number of aromatic nitrogens is 2. The number of amides is 3. The zero-order valence-corrected chi connectivity index (χ0v) is 24.0. The molecule has 2 aliphatic heterocycles. The van der Waals surface area contributed by atoms with Crippen LogP contribution in [0.4, 0.5) is 10.6 Å². The number of nitrogens with two attached hydrogens (primary N) is 2. The van der Waals surface area contributed by atoms with E-state index >= 15 is 0 Å². The van der Waals surface area contributed by atoms with Crippen molar-refractivity contribution in [2.75, 3.05) is 57.7 Å². The van der Waals surface area contributed by atoms with Crippen molar-refractivity contribution < 1.29 is 14.7 Å². The molecule has 0 aliphatic carbocycles. The van der Waals surface area contributed by atoms with Crippen molar-refractivity contribution in [3.05, 3.63) is 52.6 Å². The Balaban J connectivity index is 0.00000441. The lowest BCUT2D eigenvalue weighted by Gasteiger charge is -2.37. The van der Waals surface area contributed by atoms with Gasteiger partial charge in [-0.2, -0.15) is 4.98 Å². The van der Waals surface area contributed by atoms with Gasteiger partial charge in [-0.25, -0.2) is 9.59 Å². The first-order valence-electron chi connectivity index (χ1n) is 13.4. The molecule has 0 radical (unpaired) electrons. The number of halogens is 1. The molecule has 1 aromatic heterocycles. The van der Waals surface area contributed by atoms with Crippen LogP contribution in [0.1, 0.15) is 32.3 Å². The molecule has 4 rings (SSSR count). The van der Waals surface area contributed by atoms with Gasteiger partial charge < -0.3 is 31.3 Å². The van der Waals surface area contributed by atoms with E-state index in [4.69, 9.17) is 11.5 Å². The van der Waals surface area contributed by atoms with Crippen LogP contribution >= 0.6 is 12.4 Å². The number of carbonyl (C=O) groups excluding carboxylic acids is 2. The van der Waals surface area contributed by atoms with Gasteiger partial charge in [0.1, 0.15) is 11.4 Å². The molecule has 40 heavy (non-hydrogen) atoms. The fraction of sp³-hybridized carbons (Fsp3) is 0.556. The van der Waals surface area contributed by atoms with Crippen LogP contribution in [-0.4, -0.2) is 105 Å². The molecule has 0 unspecified atom stereocenters. The Morgan fingerprint density at radius 1 is 1.05 bits per heavy atom. The van der Waals surface area contributed by atoms with Gasteiger partial charge in [0.15, 0.2) is 0 Å². The summed E-state index contributed by atoms with van der Waals surface area (Å²) in [5.74, 6) is -0.202. The topological polar surface area (TPSA) is 163 Å². The molecule has 1 atom stereocenters. The van der Waals surface area contributed by atoms with Gasteiger partial charge in [-0.3, -0.25) is 14.7 Å². The number of nitrogens with one attached hydrogen (secondary N) is 1. The minimum absolute atomic E-state index is 0. The van der Waals surface area contributed by atoms with E-state index in [0.717, 1.165) is 38.9 Å². The molecule has 0 spiro atoms. The molecule has 2 aromatic rings. The number of hydrogen-bond acceptors (Lipinski definition) is 8. The Morgan fingerprint density at radius 3 is 2.23 bits per heavy atom. The molecule has 220 valence electrons. The number of likely N-dealkylation sites (tertiary alicyclic amines) is 1. The minimum Gasteiger partial charge on any atom is -0.394 e. The van der Waals surface area contributed by atoms with E-state index in [0.29, 0.717) is 31.9 Å². The maximum Gasteiger partial charge on any atom is 0.354 e. The fourth-order valence-corrected chi connectivity index (χ4v) is 4.80. The number of piperidine rings is 1. The smallest absolute Gasteiger partial charge is 0.354 e. The van der Waals surface area contributed by atoms with Crippen LogP contribution in [-0.2, 0) is 11.2 Å². The third kappa shape index (κ3) is 7.79. The Kier molecular flexibility index (Phi) is 10.3. The van der Waals surface area contributed by atoms with Crippen LogP contribution in [0.5, 0.6) is 0 Å². The number of carbonyl (C=O) groups is 2. The molecule has 0 bridgehead atoms. The maximum atomic E-state index is 12.7. The summed E-state index contributed by atoms with van der Waals surface area (Å²) in [5, 5.41) is 12.0. The number of nitrogens with zero attached hydrogens (tertiary/aromatic N) is 5. The van der Waals surface area contributed by atoms with Gasteiger partial charge in [-0.15, -0.1) is 12.4 Å². The van der Waals surface area contributed by atoms with Crippen LogP contribution in [0.25, 0.3) is 5.69 Å². The summed E-state index contributed by atoms with van der Waals surface area (Å²) in [6.07, 6.45) is 4.53. The number of urea groups is 1. The first kappa shape index (κ1) is 31.5. The number of piperazine rings is 1. The lowest BCUT2D eigenvalue weighted by Crippen LogP contribution is -2.60. The van der Waals surface area contributed by atoms with Crippen LogP contribution in [0.3, 0.4) is 0 Å². The Morgan fingerprint density at radius 2 is 1.65 bits per heavy atom. The molecule has 3 amide bonds. The first-order chi connectivity index (χ1) is 18.5. The predicted octanol–water partition coefficient (Wildman–Crippen LogP) is 0.396. The summed E-state index contributed by atoms with van der Waals surface area (Å²) in [7, 11) is 0. The van der Waals surface area contributed by atoms with Gasteiger partial charge in [0, 0.05) is 44.5 Å². The van der Waals surface area contributed by atoms with E-state index < -0.39 is 23.9 Å². The number of rotatable bonds is 7. The molecule has 12 nitrogen and oxygen atoms in total. The van der Waals surface area contributed by atoms with Crippen LogP contribution in [0, 0.1) is 0 Å². The molecule has 1 aromatic carbocycles. The molecule has 2 aliphatic rings. The molecular weight excluding hydrogens is 536 g/mol. The molecule has 6 N–H and O–H groups in total. The second-order valence-corrected chi connectivity index (χ2v) is 11.2. The SMILES string of the molecule is CC1(N)CCN(CCc2ccc(-n3ccc(NC(=O)N4CCN(C(=O)[C@@](C)(N)CO)CC4)nc3=O)cc2)CC1.Cl. The van der Waals surface area contributed by atoms with Crippen molar-refractivity contribution in [3.8, 4) is 5.69 Å². The first-order valence-corrected chi connectivity index (χ1v) is 13.4. The zero-order valence-electron chi connectivity index (χ0n) is 23.2. The largest absolute Gasteiger partial charge is 0.394 e. The Labute approximate surface area is 240 Å². The molecule has 2 saturated heterocycles. The highest BCUT2D eigenvalue weighted by molar-refractivity contribution is 5.89. The van der Waals surface area contributed by atoms with E-state index in [1.165, 1.54) is 22.0 Å². The number of aliphatic hydroxyl groups is 1. The third-order valence-electron chi connectivity index (χ3n) is 7.64. The fourth-order valence-electron chi connectivity index (χ4n) is 4.80. The van der Waals surface area contributed by atoms with Crippen molar-refractivity contribution in [1.29, 1.82) is 0 Å². The summed E-state index contributed by atoms with van der Waals surface area (Å²) >= 11 is 0. The lowest BCUT2D eigenvalue weighted by molar-refractivity contribution is -0.139. The highest BCUT2D eigenvalue weighted by atomic mass is 35.5. The third-order valence-corrected chi connectivity index (χ3v) is 7.64. The van der Waals surface area contributed by atoms with E-state index in [1.807, 2.05) is 24.3 Å². The molecule has 3 heterocycles. The zero-order chi connectivity index (χ0) is 28.2. The van der Waals surface area contributed by atoms with Crippen molar-refractivity contribution in [2.24, 2.45) is 11.5 Å². The van der Waals surface area contributed by atoms with Crippen molar-refractivity contribution in [2.45, 2.75) is 44.2 Å². The predicted molar refractivity (Wildman–Crippen MR) is 156 cm³/mol. The molecule has 13 heteroatoms. The lowest BCUT2D eigenvalue weighted by atomic mass is 9.91. The number of hydrogen-bond donors (Lipinski definition) is 4. The van der Waals surface area contributed by atoms with E-state index in [9.17, 15) is 19.5 Å². The summed E-state index contributed by atoms with van der Waals surface area (Å²) in [6.45, 7) is 7.35. The highest BCUT2D eigenvalue weighted by Gasteiger charge is 2.34. The number of aliphatic hydroxyl groups excluding tert-OH is 1. The standard InChI is InChI=1S/C27H40N8O4.ClH/c1-26(28)9-13-32(14-10-26)11-7-20-3-5-21(6-4-20)35-12-8-22(31-25(35)39)30-24(38)34-17-15-33(16-18-34)23(37)27(2,29)19-36;/h3-6,8,12,36H,7,9-11,13-19,28-29H2,1-2H3,(H,30,31,38,39);1H/t27-;/m0./s1. The van der Waals surface area contributed by atoms with Gasteiger partial charge in [0.2, 0.25) is 5.91 Å². The van der Waals surface area contributed by atoms with E-state index in [2.05, 4.69) is 22.1 Å². The summed E-state index contributed by atoms with van der Waals surface area (Å²) in [4.78, 5) is 47.4. The van der Waals surface area contributed by atoms with Crippen molar-refractivity contribution in [1.82, 2.24) is 24.3 Å². The monoisotopic (exact) mass is 576 g/mol. The second kappa shape index (κ2) is 13.1. The average molecular weight is 577 g/mol. The maximum absolute atomic E-state index is 12.7. The summed E-state index contributed by atoms with van der Waals surface area (Å²) in [6, 6.07) is 9.01. The summed E-state index contributed by atoms with van der Waals surface area (Å²) < 4.78 is 1.43. The minimum atomic E-state index is -1.35. The number of anilines is 1. The van der Waals surface area contributed by atoms with Crippen molar-refractivity contribution >= 4 is 30.2 Å². The molecule has 0 saturated carbocycles. The van der Waals surface area contributed by atoms with Crippen LogP contribution in [0.15, 0.2) is 41.3 Å². The normalized spacial score (nSPS) is 18.9. The van der Waals surface area contributed by atoms with Gasteiger partial charge in [0.05, 0.1) is 12.3 Å². The van der Waals surface area contributed by atoms with E-state index in [1.54, 1.807) is 17.2 Å². The highest BCUT2D eigenvalue weighted by Crippen LogP contribution is 2.19. The Hall–Kier alpha value is -3.03. The Bertz CT molecular complexity index is 1220. The van der Waals surface area contributed by atoms with Gasteiger partial charge >= 0.3 is 11.7 Å². The molecular formula is C27H41ClN8O4. The van der Waals surface area contributed by atoms with E-state index in [-0.39, 0.29) is 29.7 Å². The summed E-state index contributed by atoms with van der Waals surface area (Å²) in [5.41, 5.74) is 12.0. The van der Waals surface area contributed by atoms with Crippen LogP contribution in [0.2, 0.25) is 0 Å². The van der Waals surface area contributed by atoms with Gasteiger partial charge in [-0.05, 0) is 70.0 Å². The number of benzene rings is 1.